The number of nitro groups is 1. The molecule has 10 nitrogen and oxygen atoms in total. The Hall–Kier alpha value is -3.34. The number of nitrogens with zero attached hydrogens (tertiary/aromatic N) is 3. The Bertz CT molecular complexity index is 1050. The average Bonchev–Trinajstić information content (AvgIpc) is 3.03. The van der Waals surface area contributed by atoms with Gasteiger partial charge in [0.2, 0.25) is 5.91 Å². The molecular weight excluding hydrogens is 412 g/mol. The third kappa shape index (κ3) is 4.15. The summed E-state index contributed by atoms with van der Waals surface area (Å²) in [6, 6.07) is 3.91. The molecule has 30 heavy (non-hydrogen) atoms. The molecule has 2 amide bonds. The van der Waals surface area contributed by atoms with Crippen molar-refractivity contribution in [1.29, 1.82) is 0 Å². The van der Waals surface area contributed by atoms with Gasteiger partial charge < -0.3 is 10.1 Å². The van der Waals surface area contributed by atoms with E-state index in [2.05, 4.69) is 10.3 Å². The molecule has 158 valence electrons. The number of Topliss-reactive ketones (excluding diaryl/α,β-unsaturated/α-hetero) is 1. The van der Waals surface area contributed by atoms with E-state index in [-0.39, 0.29) is 40.5 Å². The zero-order valence-electron chi connectivity index (χ0n) is 16.8. The van der Waals surface area contributed by atoms with Crippen LogP contribution in [-0.2, 0) is 9.59 Å². The summed E-state index contributed by atoms with van der Waals surface area (Å²) in [6.07, 6.45) is -0.821. The second-order valence-corrected chi connectivity index (χ2v) is 8.15. The topological polar surface area (TPSA) is 132 Å². The lowest BCUT2D eigenvalue weighted by molar-refractivity contribution is -0.384. The number of carbonyl (C=O) groups is 3. The lowest BCUT2D eigenvalue weighted by atomic mass is 10.0. The third-order valence-electron chi connectivity index (χ3n) is 4.48. The first-order valence-electron chi connectivity index (χ1n) is 9.13. The molecule has 1 aliphatic rings. The Balaban J connectivity index is 1.89. The average molecular weight is 432 g/mol. The van der Waals surface area contributed by atoms with Crippen molar-refractivity contribution in [3.8, 4) is 5.75 Å². The lowest BCUT2D eigenvalue weighted by Crippen LogP contribution is -2.50. The molecule has 1 N–H and O–H groups in total. The predicted molar refractivity (Wildman–Crippen MR) is 110 cm³/mol. The maximum absolute atomic E-state index is 12.9. The minimum atomic E-state index is -0.821. The maximum atomic E-state index is 12.9. The number of nitrogens with one attached hydrogen (secondary N) is 1. The van der Waals surface area contributed by atoms with Crippen molar-refractivity contribution in [3.05, 3.63) is 38.9 Å². The van der Waals surface area contributed by atoms with Crippen molar-refractivity contribution in [3.63, 3.8) is 0 Å². The molecular formula is C19H20N4O6S. The molecule has 0 saturated carbocycles. The second kappa shape index (κ2) is 8.19. The third-order valence-corrected chi connectivity index (χ3v) is 5.65. The highest BCUT2D eigenvalue weighted by Crippen LogP contribution is 2.38. The number of hydrogen-bond donors (Lipinski definition) is 1. The number of aromatic nitrogens is 1. The van der Waals surface area contributed by atoms with Gasteiger partial charge in [0.05, 0.1) is 21.2 Å². The van der Waals surface area contributed by atoms with Gasteiger partial charge in [-0.25, -0.2) is 4.98 Å². The number of fused-ring (bicyclic) bond motifs is 1. The number of amides is 2. The fraction of sp³-hybridized carbons (Fsp3) is 0.368. The van der Waals surface area contributed by atoms with Crippen LogP contribution in [0.4, 0.5) is 16.5 Å². The zero-order chi connectivity index (χ0) is 22.2. The molecule has 0 bridgehead atoms. The molecule has 1 aliphatic heterocycles. The fourth-order valence-electron chi connectivity index (χ4n) is 3.05. The van der Waals surface area contributed by atoms with Gasteiger partial charge in [0.25, 0.3) is 11.6 Å². The van der Waals surface area contributed by atoms with Gasteiger partial charge >= 0.3 is 0 Å². The van der Waals surface area contributed by atoms with Crippen molar-refractivity contribution >= 4 is 45.4 Å². The lowest BCUT2D eigenvalue weighted by Gasteiger charge is -2.35. The standard InChI is InChI=1S/C19H20N4O6S/c1-9(2)16-18(26)22(13-7-12(23(27)28)5-6-14(13)29-16)8-15(25)21-19-20-10(3)17(30-19)11(4)24/h5-7,9,16H,8H2,1-4H3,(H,20,21,25). The highest BCUT2D eigenvalue weighted by molar-refractivity contribution is 7.17. The molecule has 0 aliphatic carbocycles. The number of benzene rings is 1. The van der Waals surface area contributed by atoms with E-state index in [0.29, 0.717) is 10.6 Å². The number of non-ortho nitro benzene ring substituents is 1. The summed E-state index contributed by atoms with van der Waals surface area (Å²) >= 11 is 1.05. The molecule has 1 atom stereocenters. The van der Waals surface area contributed by atoms with Gasteiger partial charge in [-0.3, -0.25) is 29.4 Å². The van der Waals surface area contributed by atoms with E-state index in [4.69, 9.17) is 4.74 Å². The summed E-state index contributed by atoms with van der Waals surface area (Å²) in [6.45, 7) is 6.30. The van der Waals surface area contributed by atoms with Crippen LogP contribution in [0.1, 0.15) is 36.1 Å². The highest BCUT2D eigenvalue weighted by atomic mass is 32.1. The molecule has 2 heterocycles. The van der Waals surface area contributed by atoms with Crippen LogP contribution in [0.25, 0.3) is 0 Å². The number of ether oxygens (including phenoxy) is 1. The highest BCUT2D eigenvalue weighted by Gasteiger charge is 2.38. The molecule has 1 aromatic heterocycles. The van der Waals surface area contributed by atoms with E-state index in [1.807, 2.05) is 0 Å². The number of thiazole rings is 1. The van der Waals surface area contributed by atoms with E-state index >= 15 is 0 Å². The summed E-state index contributed by atoms with van der Waals surface area (Å²) in [5.41, 5.74) is 0.437. The molecule has 0 radical (unpaired) electrons. The van der Waals surface area contributed by atoms with Gasteiger partial charge in [-0.2, -0.15) is 0 Å². The minimum Gasteiger partial charge on any atom is -0.478 e. The summed E-state index contributed by atoms with van der Waals surface area (Å²) in [5.74, 6) is -1.06. The van der Waals surface area contributed by atoms with Gasteiger partial charge in [-0.1, -0.05) is 25.2 Å². The zero-order valence-corrected chi connectivity index (χ0v) is 17.6. The van der Waals surface area contributed by atoms with E-state index in [1.54, 1.807) is 20.8 Å². The van der Waals surface area contributed by atoms with Crippen LogP contribution in [0.2, 0.25) is 0 Å². The Labute approximate surface area is 176 Å². The van der Waals surface area contributed by atoms with Crippen molar-refractivity contribution in [1.82, 2.24) is 4.98 Å². The van der Waals surface area contributed by atoms with Crippen molar-refractivity contribution in [2.45, 2.75) is 33.8 Å². The molecule has 0 saturated heterocycles. The van der Waals surface area contributed by atoms with Gasteiger partial charge in [0, 0.05) is 19.1 Å². The molecule has 0 spiro atoms. The van der Waals surface area contributed by atoms with E-state index in [1.165, 1.54) is 30.0 Å². The Morgan fingerprint density at radius 1 is 1.40 bits per heavy atom. The first kappa shape index (κ1) is 21.4. The molecule has 3 rings (SSSR count). The Kier molecular flexibility index (Phi) is 5.83. The Morgan fingerprint density at radius 3 is 2.67 bits per heavy atom. The SMILES string of the molecule is CC(=O)c1sc(NC(=O)CN2C(=O)C(C(C)C)Oc3ccc([N+](=O)[O-])cc32)nc1C. The maximum Gasteiger partial charge on any atom is 0.271 e. The minimum absolute atomic E-state index is 0.154. The summed E-state index contributed by atoms with van der Waals surface area (Å²) in [5, 5.41) is 14.0. The summed E-state index contributed by atoms with van der Waals surface area (Å²) < 4.78 is 5.72. The van der Waals surface area contributed by atoms with Crippen molar-refractivity contribution in [2.75, 3.05) is 16.8 Å². The van der Waals surface area contributed by atoms with Crippen molar-refractivity contribution in [2.24, 2.45) is 5.92 Å². The fourth-order valence-corrected chi connectivity index (χ4v) is 3.93. The smallest absolute Gasteiger partial charge is 0.271 e. The second-order valence-electron chi connectivity index (χ2n) is 7.15. The quantitative estimate of drug-likeness (QED) is 0.422. The number of aryl methyl sites for hydroxylation is 1. The van der Waals surface area contributed by atoms with E-state index in [9.17, 15) is 24.5 Å². The summed E-state index contributed by atoms with van der Waals surface area (Å²) in [7, 11) is 0. The van der Waals surface area contributed by atoms with Crippen LogP contribution in [0.3, 0.4) is 0 Å². The molecule has 1 unspecified atom stereocenters. The van der Waals surface area contributed by atoms with Gasteiger partial charge in [0.15, 0.2) is 17.0 Å². The monoisotopic (exact) mass is 432 g/mol. The van der Waals surface area contributed by atoms with Crippen LogP contribution in [-0.4, -0.2) is 40.2 Å². The van der Waals surface area contributed by atoms with E-state index in [0.717, 1.165) is 11.3 Å². The number of hydrogen-bond acceptors (Lipinski definition) is 8. The van der Waals surface area contributed by atoms with Gasteiger partial charge in [0.1, 0.15) is 12.3 Å². The van der Waals surface area contributed by atoms with Gasteiger partial charge in [-0.15, -0.1) is 0 Å². The normalized spacial score (nSPS) is 15.6. The van der Waals surface area contributed by atoms with Crippen LogP contribution < -0.4 is 15.0 Å². The predicted octanol–water partition coefficient (Wildman–Crippen LogP) is 2.95. The Morgan fingerprint density at radius 2 is 2.10 bits per heavy atom. The number of anilines is 2. The largest absolute Gasteiger partial charge is 0.478 e. The van der Waals surface area contributed by atoms with Crippen molar-refractivity contribution < 1.29 is 24.0 Å². The number of ketones is 1. The first-order valence-corrected chi connectivity index (χ1v) is 9.94. The van der Waals surface area contributed by atoms with E-state index < -0.39 is 22.8 Å². The van der Waals surface area contributed by atoms with Crippen LogP contribution in [0.15, 0.2) is 18.2 Å². The summed E-state index contributed by atoms with van der Waals surface area (Å²) in [4.78, 5) is 53.5. The van der Waals surface area contributed by atoms with Crippen LogP contribution in [0.5, 0.6) is 5.75 Å². The van der Waals surface area contributed by atoms with Crippen LogP contribution in [0, 0.1) is 23.0 Å². The molecule has 11 heteroatoms. The molecule has 2 aromatic rings. The number of carbonyl (C=O) groups excluding carboxylic acids is 3. The number of nitro benzene ring substituents is 1. The number of rotatable bonds is 6. The first-order chi connectivity index (χ1) is 14.1. The van der Waals surface area contributed by atoms with Crippen LogP contribution >= 0.6 is 11.3 Å². The molecule has 1 aromatic carbocycles. The van der Waals surface area contributed by atoms with Gasteiger partial charge in [-0.05, 0) is 18.9 Å². The molecule has 0 fully saturated rings.